The number of nitrogens with zero attached hydrogens (tertiary/aromatic N) is 5. The van der Waals surface area contributed by atoms with E-state index < -0.39 is 0 Å². The van der Waals surface area contributed by atoms with E-state index >= 15 is 0 Å². The molecule has 3 aromatic rings. The number of thiophene rings is 1. The molecular formula is C15H16N6OS. The molecule has 0 radical (unpaired) electrons. The van der Waals surface area contributed by atoms with Gasteiger partial charge >= 0.3 is 0 Å². The van der Waals surface area contributed by atoms with Crippen molar-refractivity contribution in [2.24, 2.45) is 0 Å². The first-order chi connectivity index (χ1) is 11.3. The van der Waals surface area contributed by atoms with Gasteiger partial charge in [0.15, 0.2) is 5.65 Å². The van der Waals surface area contributed by atoms with Gasteiger partial charge in [-0.1, -0.05) is 6.07 Å². The minimum absolute atomic E-state index is 0.0847. The summed E-state index contributed by atoms with van der Waals surface area (Å²) < 4.78 is 1.66. The molecule has 7 nitrogen and oxygen atoms in total. The van der Waals surface area contributed by atoms with E-state index in [0.29, 0.717) is 6.42 Å². The fourth-order valence-corrected chi connectivity index (χ4v) is 3.53. The molecule has 3 aromatic heterocycles. The second-order valence-electron chi connectivity index (χ2n) is 5.58. The molecule has 0 saturated carbocycles. The molecule has 1 atom stereocenters. The van der Waals surface area contributed by atoms with E-state index in [0.717, 1.165) is 35.9 Å². The summed E-state index contributed by atoms with van der Waals surface area (Å²) in [5, 5.41) is 17.4. The number of rotatable bonds is 4. The fraction of sp³-hybridized carbons (Fsp3) is 0.333. The third-order valence-corrected chi connectivity index (χ3v) is 4.82. The van der Waals surface area contributed by atoms with Crippen molar-refractivity contribution in [3.05, 3.63) is 40.8 Å². The van der Waals surface area contributed by atoms with Crippen LogP contribution in [0.4, 0.5) is 5.82 Å². The zero-order valence-electron chi connectivity index (χ0n) is 12.4. The number of hydrogen-bond acceptors (Lipinski definition) is 6. The first kappa shape index (κ1) is 14.1. The van der Waals surface area contributed by atoms with Gasteiger partial charge in [0.1, 0.15) is 12.1 Å². The van der Waals surface area contributed by atoms with Gasteiger partial charge in [0.05, 0.1) is 6.42 Å². The summed E-state index contributed by atoms with van der Waals surface area (Å²) in [5.41, 5.74) is 0.730. The summed E-state index contributed by atoms with van der Waals surface area (Å²) >= 11 is 1.61. The predicted molar refractivity (Wildman–Crippen MR) is 87.6 cm³/mol. The minimum atomic E-state index is 0.0847. The van der Waals surface area contributed by atoms with E-state index in [1.807, 2.05) is 29.6 Å². The molecule has 0 aromatic carbocycles. The number of carbonyl (C=O) groups is 1. The van der Waals surface area contributed by atoms with Crippen molar-refractivity contribution in [3.8, 4) is 0 Å². The Kier molecular flexibility index (Phi) is 3.66. The van der Waals surface area contributed by atoms with Gasteiger partial charge in [0.25, 0.3) is 0 Å². The second-order valence-corrected chi connectivity index (χ2v) is 6.61. The maximum Gasteiger partial charge on any atom is 0.225 e. The largest absolute Gasteiger partial charge is 0.353 e. The van der Waals surface area contributed by atoms with Gasteiger partial charge in [-0.05, 0) is 30.0 Å². The van der Waals surface area contributed by atoms with Crippen LogP contribution in [-0.2, 0) is 11.2 Å². The number of amides is 1. The number of carbonyl (C=O) groups excluding carboxylic acids is 1. The molecule has 4 heterocycles. The number of anilines is 1. The molecule has 1 aliphatic heterocycles. The average Bonchev–Trinajstić information content (AvgIpc) is 3.27. The molecule has 4 rings (SSSR count). The highest BCUT2D eigenvalue weighted by molar-refractivity contribution is 7.10. The van der Waals surface area contributed by atoms with Crippen molar-refractivity contribution in [2.45, 2.75) is 18.9 Å². The summed E-state index contributed by atoms with van der Waals surface area (Å²) in [7, 11) is 0. The normalized spacial score (nSPS) is 17.7. The van der Waals surface area contributed by atoms with E-state index in [1.54, 1.807) is 22.2 Å². The molecule has 0 spiro atoms. The van der Waals surface area contributed by atoms with Gasteiger partial charge in [-0.3, -0.25) is 4.79 Å². The molecule has 1 saturated heterocycles. The van der Waals surface area contributed by atoms with Crippen LogP contribution in [0.2, 0.25) is 0 Å². The molecule has 118 valence electrons. The number of aromatic nitrogens is 4. The quantitative estimate of drug-likeness (QED) is 0.777. The lowest BCUT2D eigenvalue weighted by atomic mass is 10.2. The van der Waals surface area contributed by atoms with Gasteiger partial charge in [0.2, 0.25) is 5.91 Å². The van der Waals surface area contributed by atoms with Crippen LogP contribution >= 0.6 is 11.3 Å². The number of nitrogens with one attached hydrogen (secondary N) is 1. The van der Waals surface area contributed by atoms with Gasteiger partial charge < -0.3 is 10.2 Å². The molecule has 23 heavy (non-hydrogen) atoms. The highest BCUT2D eigenvalue weighted by atomic mass is 32.1. The lowest BCUT2D eigenvalue weighted by Gasteiger charge is -2.17. The van der Waals surface area contributed by atoms with Gasteiger partial charge in [-0.2, -0.15) is 4.52 Å². The Labute approximate surface area is 136 Å². The van der Waals surface area contributed by atoms with Crippen molar-refractivity contribution in [1.29, 1.82) is 0 Å². The topological polar surface area (TPSA) is 75.4 Å². The fourth-order valence-electron chi connectivity index (χ4n) is 2.82. The second kappa shape index (κ2) is 5.96. The van der Waals surface area contributed by atoms with Gasteiger partial charge in [-0.25, -0.2) is 0 Å². The van der Waals surface area contributed by atoms with Crippen molar-refractivity contribution in [1.82, 2.24) is 25.1 Å². The smallest absolute Gasteiger partial charge is 0.225 e. The molecular weight excluding hydrogens is 312 g/mol. The SMILES string of the molecule is O=C(Cc1cccs1)NC1CCN(c2ccc3nncn3n2)C1. The van der Waals surface area contributed by atoms with Crippen molar-refractivity contribution in [2.75, 3.05) is 18.0 Å². The first-order valence-electron chi connectivity index (χ1n) is 7.52. The summed E-state index contributed by atoms with van der Waals surface area (Å²) in [4.78, 5) is 15.4. The standard InChI is InChI=1S/C15H16N6OS/c22-15(8-12-2-1-7-23-12)17-11-5-6-20(9-11)14-4-3-13-18-16-10-21(13)19-14/h1-4,7,10-11H,5-6,8-9H2,(H,17,22). The Morgan fingerprint density at radius 1 is 1.39 bits per heavy atom. The lowest BCUT2D eigenvalue weighted by Crippen LogP contribution is -2.38. The third-order valence-electron chi connectivity index (χ3n) is 3.94. The van der Waals surface area contributed by atoms with Crippen LogP contribution in [0.3, 0.4) is 0 Å². The van der Waals surface area contributed by atoms with Crippen LogP contribution < -0.4 is 10.2 Å². The van der Waals surface area contributed by atoms with E-state index in [9.17, 15) is 4.79 Å². The van der Waals surface area contributed by atoms with E-state index in [1.165, 1.54) is 0 Å². The van der Waals surface area contributed by atoms with Crippen LogP contribution in [0.25, 0.3) is 5.65 Å². The maximum absolute atomic E-state index is 12.1. The Morgan fingerprint density at radius 2 is 2.35 bits per heavy atom. The van der Waals surface area contributed by atoms with E-state index in [-0.39, 0.29) is 11.9 Å². The summed E-state index contributed by atoms with van der Waals surface area (Å²) in [6.07, 6.45) is 2.98. The summed E-state index contributed by atoms with van der Waals surface area (Å²) in [5.74, 6) is 0.967. The van der Waals surface area contributed by atoms with E-state index in [4.69, 9.17) is 0 Å². The van der Waals surface area contributed by atoms with Crippen LogP contribution in [0, 0.1) is 0 Å². The van der Waals surface area contributed by atoms with E-state index in [2.05, 4.69) is 25.5 Å². The Balaban J connectivity index is 1.37. The van der Waals surface area contributed by atoms with Crippen LogP contribution in [0.5, 0.6) is 0 Å². The molecule has 0 bridgehead atoms. The highest BCUT2D eigenvalue weighted by Gasteiger charge is 2.25. The molecule has 1 unspecified atom stereocenters. The molecule has 0 aliphatic carbocycles. The minimum Gasteiger partial charge on any atom is -0.353 e. The summed E-state index contributed by atoms with van der Waals surface area (Å²) in [6, 6.07) is 7.97. The maximum atomic E-state index is 12.1. The Hall–Kier alpha value is -2.48. The Morgan fingerprint density at radius 3 is 3.22 bits per heavy atom. The first-order valence-corrected chi connectivity index (χ1v) is 8.40. The van der Waals surface area contributed by atoms with Gasteiger partial charge in [-0.15, -0.1) is 26.6 Å². The average molecular weight is 328 g/mol. The zero-order chi connectivity index (χ0) is 15.6. The van der Waals surface area contributed by atoms with Crippen LogP contribution in [0.15, 0.2) is 36.0 Å². The monoisotopic (exact) mass is 328 g/mol. The Bertz CT molecular complexity index is 814. The number of fused-ring (bicyclic) bond motifs is 1. The van der Waals surface area contributed by atoms with Crippen molar-refractivity contribution < 1.29 is 4.79 Å². The van der Waals surface area contributed by atoms with Crippen LogP contribution in [0.1, 0.15) is 11.3 Å². The van der Waals surface area contributed by atoms with Gasteiger partial charge in [0, 0.05) is 24.0 Å². The van der Waals surface area contributed by atoms with Crippen molar-refractivity contribution >= 4 is 28.7 Å². The van der Waals surface area contributed by atoms with Crippen LogP contribution in [-0.4, -0.2) is 44.8 Å². The van der Waals surface area contributed by atoms with Crippen molar-refractivity contribution in [3.63, 3.8) is 0 Å². The molecule has 1 amide bonds. The molecule has 1 aliphatic rings. The molecule has 1 N–H and O–H groups in total. The zero-order valence-corrected chi connectivity index (χ0v) is 13.2. The summed E-state index contributed by atoms with van der Waals surface area (Å²) in [6.45, 7) is 1.65. The number of hydrogen-bond donors (Lipinski definition) is 1. The predicted octanol–water partition coefficient (Wildman–Crippen LogP) is 1.12. The molecule has 1 fully saturated rings. The molecule has 8 heteroatoms. The third kappa shape index (κ3) is 3.02. The lowest BCUT2D eigenvalue weighted by molar-refractivity contribution is -0.120. The highest BCUT2D eigenvalue weighted by Crippen LogP contribution is 2.18.